The van der Waals surface area contributed by atoms with E-state index in [9.17, 15) is 4.79 Å². The second-order valence-electron chi connectivity index (χ2n) is 1.40. The van der Waals surface area contributed by atoms with E-state index < -0.39 is 0 Å². The van der Waals surface area contributed by atoms with Gasteiger partial charge in [-0.25, -0.2) is 10.4 Å². The Balaban J connectivity index is 2.48. The molecule has 0 saturated heterocycles. The van der Waals surface area contributed by atoms with Crippen LogP contribution in [0.1, 0.15) is 0 Å². The van der Waals surface area contributed by atoms with Crippen molar-refractivity contribution in [1.29, 1.82) is 0 Å². The number of nitrogens with zero attached hydrogens (tertiary/aromatic N) is 1. The summed E-state index contributed by atoms with van der Waals surface area (Å²) in [6.45, 7) is 0.715. The van der Waals surface area contributed by atoms with Crippen molar-refractivity contribution in [2.24, 2.45) is 0 Å². The molecule has 1 aliphatic heterocycles. The lowest BCUT2D eigenvalue weighted by Gasteiger charge is -2.07. The molecule has 1 aliphatic rings. The molecule has 0 aromatic heterocycles. The zero-order valence-electron chi connectivity index (χ0n) is 4.16. The number of carbonyl (C=O) groups is 1. The molecule has 1 rings (SSSR count). The molecular formula is C4H6N2OS. The lowest BCUT2D eigenvalue weighted by Crippen LogP contribution is -2.30. The van der Waals surface area contributed by atoms with Crippen LogP contribution in [0.25, 0.3) is 0 Å². The molecule has 8 heavy (non-hydrogen) atoms. The largest absolute Gasteiger partial charge is 0.296 e. The van der Waals surface area contributed by atoms with Gasteiger partial charge in [0.25, 0.3) is 5.24 Å². The highest BCUT2D eigenvalue weighted by molar-refractivity contribution is 7.96. The average Bonchev–Trinajstić information content (AvgIpc) is 2.12. The van der Waals surface area contributed by atoms with E-state index in [-0.39, 0.29) is 5.24 Å². The second kappa shape index (κ2) is 2.19. The number of rotatable bonds is 0. The molecule has 0 aromatic carbocycles. The third-order valence-electron chi connectivity index (χ3n) is 0.840. The maximum absolute atomic E-state index is 10.3. The van der Waals surface area contributed by atoms with Crippen molar-refractivity contribution >= 4 is 17.9 Å². The third kappa shape index (κ3) is 1.02. The maximum Gasteiger partial charge on any atom is 0.296 e. The molecule has 3 nitrogen and oxygen atoms in total. The van der Waals surface area contributed by atoms with Crippen LogP contribution >= 0.6 is 12.6 Å². The summed E-state index contributed by atoms with van der Waals surface area (Å²) >= 11 is 3.57. The standard InChI is InChI=1S/C4H6N2OS/c7-4(8)6-3-1-2-5-6/h1,3,5H,2H2,(H,7,8). The van der Waals surface area contributed by atoms with E-state index in [1.807, 2.05) is 6.08 Å². The Morgan fingerprint density at radius 3 is 2.88 bits per heavy atom. The molecule has 0 fully saturated rings. The summed E-state index contributed by atoms with van der Waals surface area (Å²) in [6.07, 6.45) is 3.49. The number of hydrogen-bond donors (Lipinski definition) is 2. The molecule has 1 amide bonds. The zero-order chi connectivity index (χ0) is 5.98. The minimum atomic E-state index is -0.279. The summed E-state index contributed by atoms with van der Waals surface area (Å²) in [5.41, 5.74) is 2.75. The summed E-state index contributed by atoms with van der Waals surface area (Å²) in [6, 6.07) is 0. The van der Waals surface area contributed by atoms with Gasteiger partial charge in [-0.15, -0.1) is 0 Å². The van der Waals surface area contributed by atoms with Gasteiger partial charge in [0.1, 0.15) is 0 Å². The minimum Gasteiger partial charge on any atom is -0.260 e. The van der Waals surface area contributed by atoms with Crippen molar-refractivity contribution in [3.05, 3.63) is 12.3 Å². The van der Waals surface area contributed by atoms with Crippen molar-refractivity contribution in [2.75, 3.05) is 6.54 Å². The molecule has 0 bridgehead atoms. The molecule has 1 heterocycles. The fourth-order valence-corrected chi connectivity index (χ4v) is 0.631. The topological polar surface area (TPSA) is 32.3 Å². The maximum atomic E-state index is 10.3. The molecular weight excluding hydrogens is 124 g/mol. The SMILES string of the molecule is O=C(S)N1C=CCN1. The van der Waals surface area contributed by atoms with Gasteiger partial charge in [0.2, 0.25) is 0 Å². The first kappa shape index (κ1) is 5.65. The summed E-state index contributed by atoms with van der Waals surface area (Å²) in [5.74, 6) is 0. The smallest absolute Gasteiger partial charge is 0.260 e. The van der Waals surface area contributed by atoms with Gasteiger partial charge in [0.05, 0.1) is 0 Å². The van der Waals surface area contributed by atoms with E-state index in [0.717, 1.165) is 0 Å². The average molecular weight is 130 g/mol. The molecule has 0 saturated carbocycles. The number of amides is 1. The molecule has 0 aliphatic carbocycles. The van der Waals surface area contributed by atoms with Crippen LogP contribution in [0, 0.1) is 0 Å². The first-order chi connectivity index (χ1) is 3.80. The summed E-state index contributed by atoms with van der Waals surface area (Å²) in [5, 5.41) is 1.04. The van der Waals surface area contributed by atoms with Crippen LogP contribution < -0.4 is 5.43 Å². The molecule has 4 heteroatoms. The van der Waals surface area contributed by atoms with Crippen molar-refractivity contribution in [3.8, 4) is 0 Å². The number of carbonyl (C=O) groups excluding carboxylic acids is 1. The highest BCUT2D eigenvalue weighted by Crippen LogP contribution is 1.96. The Labute approximate surface area is 52.7 Å². The van der Waals surface area contributed by atoms with Crippen molar-refractivity contribution in [3.63, 3.8) is 0 Å². The normalized spacial score (nSPS) is 17.4. The highest BCUT2D eigenvalue weighted by Gasteiger charge is 2.06. The highest BCUT2D eigenvalue weighted by atomic mass is 32.1. The van der Waals surface area contributed by atoms with Crippen molar-refractivity contribution in [2.45, 2.75) is 0 Å². The molecule has 0 atom stereocenters. The Hall–Kier alpha value is -0.480. The summed E-state index contributed by atoms with van der Waals surface area (Å²) in [7, 11) is 0. The van der Waals surface area contributed by atoms with E-state index in [1.54, 1.807) is 6.20 Å². The molecule has 0 radical (unpaired) electrons. The summed E-state index contributed by atoms with van der Waals surface area (Å²) in [4.78, 5) is 10.3. The first-order valence-corrected chi connectivity index (χ1v) is 2.68. The van der Waals surface area contributed by atoms with Crippen molar-refractivity contribution < 1.29 is 4.79 Å². The number of hydrogen-bond acceptors (Lipinski definition) is 2. The fraction of sp³-hybridized carbons (Fsp3) is 0.250. The Bertz CT molecular complexity index is 134. The van der Waals surface area contributed by atoms with Gasteiger partial charge in [0, 0.05) is 12.7 Å². The van der Waals surface area contributed by atoms with E-state index in [4.69, 9.17) is 0 Å². The monoisotopic (exact) mass is 130 g/mol. The van der Waals surface area contributed by atoms with Crippen LogP contribution in [0.3, 0.4) is 0 Å². The van der Waals surface area contributed by atoms with Crippen LogP contribution in [-0.2, 0) is 0 Å². The second-order valence-corrected chi connectivity index (χ2v) is 1.78. The predicted octanol–water partition coefficient (Wildman–Crippen LogP) is 0.370. The number of hydrazine groups is 1. The molecule has 0 spiro atoms. The van der Waals surface area contributed by atoms with Crippen molar-refractivity contribution in [1.82, 2.24) is 10.4 Å². The summed E-state index contributed by atoms with van der Waals surface area (Å²) < 4.78 is 0. The quantitative estimate of drug-likeness (QED) is 0.464. The van der Waals surface area contributed by atoms with E-state index >= 15 is 0 Å². The zero-order valence-corrected chi connectivity index (χ0v) is 5.06. The lowest BCUT2D eigenvalue weighted by molar-refractivity contribution is 0.229. The first-order valence-electron chi connectivity index (χ1n) is 2.23. The predicted molar refractivity (Wildman–Crippen MR) is 33.4 cm³/mol. The molecule has 0 unspecified atom stereocenters. The van der Waals surface area contributed by atoms with Gasteiger partial charge in [-0.1, -0.05) is 18.7 Å². The molecule has 0 aromatic rings. The number of thiol groups is 1. The van der Waals surface area contributed by atoms with Gasteiger partial charge < -0.3 is 0 Å². The van der Waals surface area contributed by atoms with E-state index in [1.165, 1.54) is 5.01 Å². The van der Waals surface area contributed by atoms with Gasteiger partial charge in [-0.2, -0.15) is 0 Å². The van der Waals surface area contributed by atoms with Crippen LogP contribution in [-0.4, -0.2) is 16.8 Å². The number of nitrogens with one attached hydrogen (secondary N) is 1. The van der Waals surface area contributed by atoms with Gasteiger partial charge in [-0.05, 0) is 0 Å². The van der Waals surface area contributed by atoms with Gasteiger partial charge in [0.15, 0.2) is 0 Å². The van der Waals surface area contributed by atoms with Crippen LogP contribution in [0.15, 0.2) is 12.3 Å². The third-order valence-corrected chi connectivity index (χ3v) is 1.06. The van der Waals surface area contributed by atoms with E-state index in [2.05, 4.69) is 18.1 Å². The lowest BCUT2D eigenvalue weighted by atomic mass is 10.7. The van der Waals surface area contributed by atoms with Crippen LogP contribution in [0.2, 0.25) is 0 Å². The Kier molecular flexibility index (Phi) is 1.55. The molecule has 44 valence electrons. The van der Waals surface area contributed by atoms with Gasteiger partial charge in [-0.3, -0.25) is 4.79 Å². The van der Waals surface area contributed by atoms with Crippen LogP contribution in [0.4, 0.5) is 4.79 Å². The fourth-order valence-electron chi connectivity index (χ4n) is 0.493. The Morgan fingerprint density at radius 2 is 2.62 bits per heavy atom. The minimum absolute atomic E-state index is 0.279. The van der Waals surface area contributed by atoms with Crippen LogP contribution in [0.5, 0.6) is 0 Å². The molecule has 1 N–H and O–H groups in total. The van der Waals surface area contributed by atoms with Gasteiger partial charge >= 0.3 is 0 Å². The van der Waals surface area contributed by atoms with E-state index in [0.29, 0.717) is 6.54 Å². The Morgan fingerprint density at radius 1 is 1.88 bits per heavy atom.